The average Bonchev–Trinajstić information content (AvgIpc) is 2.40. The van der Waals surface area contributed by atoms with Gasteiger partial charge in [-0.05, 0) is 13.3 Å². The van der Waals surface area contributed by atoms with E-state index in [9.17, 15) is 0 Å². The number of fused-ring (bicyclic) bond motifs is 1. The summed E-state index contributed by atoms with van der Waals surface area (Å²) < 4.78 is 2.19. The van der Waals surface area contributed by atoms with E-state index in [1.807, 2.05) is 13.3 Å². The lowest BCUT2D eigenvalue weighted by Gasteiger charge is -1.98. The van der Waals surface area contributed by atoms with Crippen molar-refractivity contribution in [3.8, 4) is 0 Å². The summed E-state index contributed by atoms with van der Waals surface area (Å²) in [6.45, 7) is 3.13. The predicted octanol–water partition coefficient (Wildman–Crippen LogP) is 1.57. The first-order valence-electron chi connectivity index (χ1n) is 3.48. The van der Waals surface area contributed by atoms with Gasteiger partial charge in [-0.1, -0.05) is 0 Å². The number of nitrogens with zero attached hydrogens (tertiary/aromatic N) is 2. The van der Waals surface area contributed by atoms with E-state index in [4.69, 9.17) is 0 Å². The summed E-state index contributed by atoms with van der Waals surface area (Å²) in [6.07, 6.45) is 3.06. The topological polar surface area (TPSA) is 17.8 Å². The van der Waals surface area contributed by atoms with Crippen molar-refractivity contribution in [3.05, 3.63) is 17.7 Å². The van der Waals surface area contributed by atoms with Gasteiger partial charge in [-0.25, -0.2) is 4.98 Å². The monoisotopic (exact) mass is 154 g/mol. The molecule has 0 N–H and O–H groups in total. The lowest BCUT2D eigenvalue weighted by molar-refractivity contribution is 0.739. The molecule has 0 fully saturated rings. The largest absolute Gasteiger partial charge is 0.333 e. The molecule has 0 saturated heterocycles. The highest BCUT2D eigenvalue weighted by Crippen LogP contribution is 2.32. The van der Waals surface area contributed by atoms with Crippen LogP contribution in [-0.2, 0) is 6.54 Å². The van der Waals surface area contributed by atoms with Gasteiger partial charge in [0.25, 0.3) is 0 Å². The number of hydrogen-bond donors (Lipinski definition) is 1. The molecule has 3 heteroatoms. The van der Waals surface area contributed by atoms with Gasteiger partial charge < -0.3 is 4.57 Å². The number of aromatic nitrogens is 2. The fourth-order valence-corrected chi connectivity index (χ4v) is 1.95. The minimum Gasteiger partial charge on any atom is -0.333 e. The van der Waals surface area contributed by atoms with Gasteiger partial charge in [0.05, 0.1) is 17.7 Å². The summed E-state index contributed by atoms with van der Waals surface area (Å²) in [7, 11) is 0. The molecule has 1 aliphatic heterocycles. The maximum Gasteiger partial charge on any atom is 0.0951 e. The maximum atomic E-state index is 4.45. The molecule has 0 spiro atoms. The molecule has 1 aromatic heterocycles. The number of thiol groups is 1. The Morgan fingerprint density at radius 1 is 1.80 bits per heavy atom. The Kier molecular flexibility index (Phi) is 1.27. The highest BCUT2D eigenvalue weighted by molar-refractivity contribution is 7.80. The van der Waals surface area contributed by atoms with Crippen molar-refractivity contribution in [1.29, 1.82) is 0 Å². The summed E-state index contributed by atoms with van der Waals surface area (Å²) in [5.74, 6) is 0. The molecular formula is C7H10N2S. The summed E-state index contributed by atoms with van der Waals surface area (Å²) in [5.41, 5.74) is 2.45. The Hall–Kier alpha value is -0.440. The molecule has 54 valence electrons. The second-order valence-electron chi connectivity index (χ2n) is 2.71. The van der Waals surface area contributed by atoms with Crippen molar-refractivity contribution in [2.24, 2.45) is 0 Å². The van der Waals surface area contributed by atoms with Crippen LogP contribution in [0.4, 0.5) is 0 Å². The standard InChI is InChI=1S/C7H10N2S/c1-5-7-6(10)2-3-9(7)4-8-5/h4,6,10H,2-3H2,1H3. The van der Waals surface area contributed by atoms with Crippen LogP contribution >= 0.6 is 12.6 Å². The second kappa shape index (κ2) is 2.02. The lowest BCUT2D eigenvalue weighted by atomic mass is 10.2. The van der Waals surface area contributed by atoms with E-state index in [1.54, 1.807) is 0 Å². The van der Waals surface area contributed by atoms with Crippen LogP contribution in [-0.4, -0.2) is 9.55 Å². The molecule has 2 rings (SSSR count). The zero-order valence-corrected chi connectivity index (χ0v) is 6.80. The second-order valence-corrected chi connectivity index (χ2v) is 3.34. The summed E-state index contributed by atoms with van der Waals surface area (Å²) in [5, 5.41) is 0.419. The molecule has 10 heavy (non-hydrogen) atoms. The number of aryl methyl sites for hydroxylation is 2. The molecular weight excluding hydrogens is 144 g/mol. The summed E-state index contributed by atoms with van der Waals surface area (Å²) in [6, 6.07) is 0. The fraction of sp³-hybridized carbons (Fsp3) is 0.571. The van der Waals surface area contributed by atoms with Crippen LogP contribution in [0.3, 0.4) is 0 Å². The molecule has 2 heterocycles. The third-order valence-electron chi connectivity index (χ3n) is 2.03. The SMILES string of the molecule is Cc1ncn2c1C(S)CC2. The van der Waals surface area contributed by atoms with Gasteiger partial charge in [-0.2, -0.15) is 12.6 Å². The minimum absolute atomic E-state index is 0.419. The summed E-state index contributed by atoms with van der Waals surface area (Å²) >= 11 is 4.45. The number of imidazole rings is 1. The quantitative estimate of drug-likeness (QED) is 0.561. The molecule has 0 bridgehead atoms. The highest BCUT2D eigenvalue weighted by Gasteiger charge is 2.21. The Bertz CT molecular complexity index is 254. The van der Waals surface area contributed by atoms with E-state index in [1.165, 1.54) is 5.69 Å². The normalized spacial score (nSPS) is 23.2. The van der Waals surface area contributed by atoms with Crippen molar-refractivity contribution >= 4 is 12.6 Å². The molecule has 1 aliphatic rings. The minimum atomic E-state index is 0.419. The van der Waals surface area contributed by atoms with Gasteiger partial charge in [0.1, 0.15) is 0 Å². The smallest absolute Gasteiger partial charge is 0.0951 e. The summed E-state index contributed by atoms with van der Waals surface area (Å²) in [4.78, 5) is 4.20. The third kappa shape index (κ3) is 0.700. The van der Waals surface area contributed by atoms with E-state index in [-0.39, 0.29) is 0 Å². The average molecular weight is 154 g/mol. The van der Waals surface area contributed by atoms with Crippen molar-refractivity contribution in [1.82, 2.24) is 9.55 Å². The molecule has 0 saturated carbocycles. The van der Waals surface area contributed by atoms with Gasteiger partial charge in [0, 0.05) is 11.8 Å². The number of rotatable bonds is 0. The van der Waals surface area contributed by atoms with E-state index < -0.39 is 0 Å². The Balaban J connectivity index is 2.54. The van der Waals surface area contributed by atoms with Crippen LogP contribution < -0.4 is 0 Å². The van der Waals surface area contributed by atoms with Gasteiger partial charge in [-0.3, -0.25) is 0 Å². The van der Waals surface area contributed by atoms with Crippen LogP contribution in [0.5, 0.6) is 0 Å². The fourth-order valence-electron chi connectivity index (χ4n) is 1.50. The van der Waals surface area contributed by atoms with Gasteiger partial charge >= 0.3 is 0 Å². The molecule has 1 aromatic rings. The molecule has 2 nitrogen and oxygen atoms in total. The van der Waals surface area contributed by atoms with E-state index >= 15 is 0 Å². The van der Waals surface area contributed by atoms with Crippen LogP contribution in [0.2, 0.25) is 0 Å². The van der Waals surface area contributed by atoms with Gasteiger partial charge in [0.2, 0.25) is 0 Å². The Labute approximate surface area is 65.7 Å². The van der Waals surface area contributed by atoms with Crippen LogP contribution in [0.15, 0.2) is 6.33 Å². The first kappa shape index (κ1) is 6.28. The van der Waals surface area contributed by atoms with Crippen LogP contribution in [0, 0.1) is 6.92 Å². The van der Waals surface area contributed by atoms with Gasteiger partial charge in [0.15, 0.2) is 0 Å². The first-order chi connectivity index (χ1) is 4.79. The zero-order chi connectivity index (χ0) is 7.14. The highest BCUT2D eigenvalue weighted by atomic mass is 32.1. The molecule has 1 unspecified atom stereocenters. The molecule has 0 amide bonds. The van der Waals surface area contributed by atoms with Crippen molar-refractivity contribution < 1.29 is 0 Å². The Morgan fingerprint density at radius 2 is 2.60 bits per heavy atom. The van der Waals surface area contributed by atoms with Gasteiger partial charge in [-0.15, -0.1) is 0 Å². The Morgan fingerprint density at radius 3 is 3.30 bits per heavy atom. The van der Waals surface area contributed by atoms with Crippen molar-refractivity contribution in [2.45, 2.75) is 25.1 Å². The van der Waals surface area contributed by atoms with Crippen LogP contribution in [0.25, 0.3) is 0 Å². The first-order valence-corrected chi connectivity index (χ1v) is 4.00. The van der Waals surface area contributed by atoms with Crippen molar-refractivity contribution in [2.75, 3.05) is 0 Å². The zero-order valence-electron chi connectivity index (χ0n) is 5.91. The van der Waals surface area contributed by atoms with E-state index in [2.05, 4.69) is 22.2 Å². The predicted molar refractivity (Wildman–Crippen MR) is 43.3 cm³/mol. The lowest BCUT2D eigenvalue weighted by Crippen LogP contribution is -1.89. The molecule has 0 radical (unpaired) electrons. The molecule has 1 atom stereocenters. The van der Waals surface area contributed by atoms with E-state index in [0.717, 1.165) is 18.7 Å². The van der Waals surface area contributed by atoms with E-state index in [0.29, 0.717) is 5.25 Å². The van der Waals surface area contributed by atoms with Crippen LogP contribution in [0.1, 0.15) is 23.1 Å². The molecule has 0 aliphatic carbocycles. The van der Waals surface area contributed by atoms with Crippen molar-refractivity contribution in [3.63, 3.8) is 0 Å². The molecule has 0 aromatic carbocycles. The number of hydrogen-bond acceptors (Lipinski definition) is 2. The third-order valence-corrected chi connectivity index (χ3v) is 2.53. The maximum absolute atomic E-state index is 4.45.